The van der Waals surface area contributed by atoms with E-state index in [1.54, 1.807) is 6.92 Å². The minimum atomic E-state index is -1.23. The van der Waals surface area contributed by atoms with Crippen molar-refractivity contribution in [1.82, 2.24) is 15.5 Å². The van der Waals surface area contributed by atoms with E-state index in [-0.39, 0.29) is 17.9 Å². The summed E-state index contributed by atoms with van der Waals surface area (Å²) in [4.78, 5) is 39.9. The highest BCUT2D eigenvalue weighted by Crippen LogP contribution is 2.33. The third kappa shape index (κ3) is 4.72. The minimum absolute atomic E-state index is 0.0750. The van der Waals surface area contributed by atoms with E-state index in [9.17, 15) is 14.4 Å². The number of hydrogen-bond donors (Lipinski definition) is 2. The highest BCUT2D eigenvalue weighted by atomic mass is 16.2. The van der Waals surface area contributed by atoms with Crippen LogP contribution >= 0.6 is 0 Å². The van der Waals surface area contributed by atoms with Crippen molar-refractivity contribution in [3.05, 3.63) is 82.4 Å². The van der Waals surface area contributed by atoms with Crippen LogP contribution in [0.15, 0.2) is 54.6 Å². The first-order valence-electron chi connectivity index (χ1n) is 12.4. The topological polar surface area (TPSA) is 78.5 Å². The van der Waals surface area contributed by atoms with E-state index in [0.29, 0.717) is 18.5 Å². The van der Waals surface area contributed by atoms with E-state index < -0.39 is 17.5 Å². The van der Waals surface area contributed by atoms with Gasteiger partial charge in [-0.05, 0) is 71.2 Å². The molecule has 0 radical (unpaired) electrons. The monoisotopic (exact) mass is 485 g/mol. The molecular formula is C30H35N3O3. The molecule has 3 aromatic carbocycles. The van der Waals surface area contributed by atoms with Crippen LogP contribution in [0.25, 0.3) is 10.8 Å². The third-order valence-electron chi connectivity index (χ3n) is 7.16. The molecule has 2 N–H and O–H groups in total. The molecule has 0 aromatic heterocycles. The van der Waals surface area contributed by atoms with Crippen molar-refractivity contribution in [2.45, 2.75) is 58.9 Å². The zero-order chi connectivity index (χ0) is 26.3. The van der Waals surface area contributed by atoms with E-state index in [1.165, 1.54) is 22.3 Å². The molecule has 4 rings (SSSR count). The average Bonchev–Trinajstić information content (AvgIpc) is 3.03. The number of rotatable bonds is 6. The van der Waals surface area contributed by atoms with Gasteiger partial charge in [0.05, 0.1) is 0 Å². The van der Waals surface area contributed by atoms with Gasteiger partial charge in [0.2, 0.25) is 5.91 Å². The van der Waals surface area contributed by atoms with Gasteiger partial charge < -0.3 is 10.6 Å². The van der Waals surface area contributed by atoms with Gasteiger partial charge in [0, 0.05) is 6.54 Å². The summed E-state index contributed by atoms with van der Waals surface area (Å²) in [5.74, 6) is -0.786. The number of urea groups is 1. The molecular weight excluding hydrogens is 450 g/mol. The van der Waals surface area contributed by atoms with Crippen LogP contribution in [-0.4, -0.2) is 35.8 Å². The van der Waals surface area contributed by atoms with Crippen molar-refractivity contribution in [2.75, 3.05) is 13.1 Å². The molecule has 1 fully saturated rings. The maximum Gasteiger partial charge on any atom is 0.325 e. The van der Waals surface area contributed by atoms with Gasteiger partial charge in [0.25, 0.3) is 5.91 Å². The maximum absolute atomic E-state index is 13.4. The fourth-order valence-corrected chi connectivity index (χ4v) is 5.03. The Hall–Kier alpha value is -3.67. The average molecular weight is 486 g/mol. The number of aryl methyl sites for hydroxylation is 2. The molecule has 1 aliphatic rings. The Balaban J connectivity index is 1.42. The molecule has 6 heteroatoms. The number of carbonyl (C=O) groups excluding carboxylic acids is 3. The second-order valence-electron chi connectivity index (χ2n) is 10.9. The molecule has 1 saturated heterocycles. The highest BCUT2D eigenvalue weighted by Gasteiger charge is 2.50. The number of imide groups is 1. The molecule has 0 aliphatic carbocycles. The number of hydrogen-bond acceptors (Lipinski definition) is 3. The van der Waals surface area contributed by atoms with Crippen molar-refractivity contribution < 1.29 is 14.4 Å². The summed E-state index contributed by atoms with van der Waals surface area (Å²) in [6, 6.07) is 17.3. The van der Waals surface area contributed by atoms with Crippen LogP contribution in [-0.2, 0) is 27.0 Å². The molecule has 0 saturated carbocycles. The molecule has 1 heterocycles. The van der Waals surface area contributed by atoms with Crippen LogP contribution in [0.1, 0.15) is 55.5 Å². The number of benzene rings is 3. The Morgan fingerprint density at radius 3 is 2.31 bits per heavy atom. The molecule has 36 heavy (non-hydrogen) atoms. The molecule has 0 bridgehead atoms. The van der Waals surface area contributed by atoms with Crippen molar-refractivity contribution in [3.8, 4) is 0 Å². The third-order valence-corrected chi connectivity index (χ3v) is 7.16. The molecule has 1 aliphatic heterocycles. The standard InChI is InChI=1S/C30H35N3O3/c1-19-16-22(29(3,4)5)17-20(2)23(19)14-15-31-26(34)18-33-27(35)30(6,32-28(33)36)25-13-9-11-21-10-7-8-12-24(21)25/h7-13,16-17H,14-15,18H2,1-6H3,(H,31,34)(H,32,36). The van der Waals surface area contributed by atoms with Crippen LogP contribution in [0.3, 0.4) is 0 Å². The van der Waals surface area contributed by atoms with Crippen molar-refractivity contribution in [1.29, 1.82) is 0 Å². The fourth-order valence-electron chi connectivity index (χ4n) is 5.03. The summed E-state index contributed by atoms with van der Waals surface area (Å²) >= 11 is 0. The predicted octanol–water partition coefficient (Wildman–Crippen LogP) is 4.88. The Labute approximate surface area is 213 Å². The zero-order valence-electron chi connectivity index (χ0n) is 22.0. The van der Waals surface area contributed by atoms with Gasteiger partial charge in [-0.1, -0.05) is 75.4 Å². The molecule has 1 atom stereocenters. The molecule has 0 spiro atoms. The van der Waals surface area contributed by atoms with E-state index in [2.05, 4.69) is 57.4 Å². The van der Waals surface area contributed by atoms with E-state index in [1.807, 2.05) is 42.5 Å². The number of fused-ring (bicyclic) bond motifs is 1. The van der Waals surface area contributed by atoms with Gasteiger partial charge in [-0.15, -0.1) is 0 Å². The Morgan fingerprint density at radius 1 is 1.00 bits per heavy atom. The lowest BCUT2D eigenvalue weighted by molar-refractivity contribution is -0.134. The van der Waals surface area contributed by atoms with E-state index in [0.717, 1.165) is 15.7 Å². The largest absolute Gasteiger partial charge is 0.354 e. The van der Waals surface area contributed by atoms with Crippen LogP contribution in [0.5, 0.6) is 0 Å². The van der Waals surface area contributed by atoms with Crippen molar-refractivity contribution >= 4 is 28.6 Å². The van der Waals surface area contributed by atoms with Crippen LogP contribution < -0.4 is 10.6 Å². The SMILES string of the molecule is Cc1cc(C(C)(C)C)cc(C)c1CCNC(=O)CN1C(=O)NC(C)(c2cccc3ccccc23)C1=O. The molecule has 6 nitrogen and oxygen atoms in total. The van der Waals surface area contributed by atoms with Gasteiger partial charge in [-0.3, -0.25) is 14.5 Å². The van der Waals surface area contributed by atoms with Crippen molar-refractivity contribution in [3.63, 3.8) is 0 Å². The van der Waals surface area contributed by atoms with Gasteiger partial charge in [-0.25, -0.2) is 4.79 Å². The fraction of sp³-hybridized carbons (Fsp3) is 0.367. The lowest BCUT2D eigenvalue weighted by atomic mass is 9.83. The summed E-state index contributed by atoms with van der Waals surface area (Å²) in [5, 5.41) is 7.57. The van der Waals surface area contributed by atoms with Crippen LogP contribution in [0.4, 0.5) is 4.79 Å². The summed E-state index contributed by atoms with van der Waals surface area (Å²) in [7, 11) is 0. The van der Waals surface area contributed by atoms with Gasteiger partial charge >= 0.3 is 6.03 Å². The number of nitrogens with one attached hydrogen (secondary N) is 2. The lowest BCUT2D eigenvalue weighted by Gasteiger charge is -2.24. The van der Waals surface area contributed by atoms with Crippen molar-refractivity contribution in [2.24, 2.45) is 0 Å². The molecule has 1 unspecified atom stereocenters. The van der Waals surface area contributed by atoms with Gasteiger partial charge in [-0.2, -0.15) is 0 Å². The maximum atomic E-state index is 13.4. The van der Waals surface area contributed by atoms with Crippen LogP contribution in [0.2, 0.25) is 0 Å². The minimum Gasteiger partial charge on any atom is -0.354 e. The first-order valence-corrected chi connectivity index (χ1v) is 12.4. The Bertz CT molecular complexity index is 1330. The van der Waals surface area contributed by atoms with E-state index in [4.69, 9.17) is 0 Å². The second-order valence-corrected chi connectivity index (χ2v) is 10.9. The summed E-state index contributed by atoms with van der Waals surface area (Å²) in [5.41, 5.74) is 4.46. The predicted molar refractivity (Wildman–Crippen MR) is 143 cm³/mol. The lowest BCUT2D eigenvalue weighted by Crippen LogP contribution is -2.43. The smallest absolute Gasteiger partial charge is 0.325 e. The van der Waals surface area contributed by atoms with E-state index >= 15 is 0 Å². The first-order chi connectivity index (χ1) is 16.9. The molecule has 188 valence electrons. The number of carbonyl (C=O) groups is 3. The Morgan fingerprint density at radius 2 is 1.64 bits per heavy atom. The quantitative estimate of drug-likeness (QED) is 0.489. The summed E-state index contributed by atoms with van der Waals surface area (Å²) < 4.78 is 0. The summed E-state index contributed by atoms with van der Waals surface area (Å²) in [6.45, 7) is 12.6. The van der Waals surface area contributed by atoms with Crippen LogP contribution in [0, 0.1) is 13.8 Å². The second kappa shape index (κ2) is 9.41. The Kier molecular flexibility index (Phi) is 6.65. The van der Waals surface area contributed by atoms with Gasteiger partial charge in [0.15, 0.2) is 0 Å². The summed E-state index contributed by atoms with van der Waals surface area (Å²) in [6.07, 6.45) is 0.682. The van der Waals surface area contributed by atoms with Gasteiger partial charge in [0.1, 0.15) is 12.1 Å². The molecule has 3 aromatic rings. The first kappa shape index (κ1) is 25.4. The highest BCUT2D eigenvalue weighted by molar-refractivity contribution is 6.10. The molecule has 4 amide bonds. The number of nitrogens with zero attached hydrogens (tertiary/aromatic N) is 1. The zero-order valence-corrected chi connectivity index (χ0v) is 22.0. The normalized spacial score (nSPS) is 18.0. The number of amides is 4.